The average molecular weight is 215 g/mol. The first-order chi connectivity index (χ1) is 6.93. The van der Waals surface area contributed by atoms with Crippen LogP contribution in [0.2, 0.25) is 0 Å². The van der Waals surface area contributed by atoms with Crippen molar-refractivity contribution in [2.45, 2.75) is 38.2 Å². The fourth-order valence-corrected chi connectivity index (χ4v) is 1.64. The molecule has 0 aromatic rings. The van der Waals surface area contributed by atoms with Crippen molar-refractivity contribution < 1.29 is 19.8 Å². The molecule has 1 saturated heterocycles. The molecule has 2 N–H and O–H groups in total. The highest BCUT2D eigenvalue weighted by atomic mass is 16.4. The van der Waals surface area contributed by atoms with E-state index in [0.29, 0.717) is 13.0 Å². The summed E-state index contributed by atoms with van der Waals surface area (Å²) in [6.45, 7) is 1.64. The van der Waals surface area contributed by atoms with Gasteiger partial charge >= 0.3 is 5.97 Å². The summed E-state index contributed by atoms with van der Waals surface area (Å²) in [5.41, 5.74) is -1.85. The van der Waals surface area contributed by atoms with Crippen LogP contribution in [-0.4, -0.2) is 45.7 Å². The van der Waals surface area contributed by atoms with E-state index in [0.717, 1.165) is 19.3 Å². The molecule has 1 aliphatic rings. The van der Waals surface area contributed by atoms with Gasteiger partial charge in [0.1, 0.15) is 0 Å². The fraction of sp³-hybridized carbons (Fsp3) is 0.800. The van der Waals surface area contributed by atoms with E-state index in [1.807, 2.05) is 0 Å². The molecular weight excluding hydrogens is 198 g/mol. The van der Waals surface area contributed by atoms with E-state index in [9.17, 15) is 14.7 Å². The van der Waals surface area contributed by atoms with Gasteiger partial charge in [-0.3, -0.25) is 4.79 Å². The number of hydrogen-bond acceptors (Lipinski definition) is 3. The molecule has 5 nitrogen and oxygen atoms in total. The highest BCUT2D eigenvalue weighted by Crippen LogP contribution is 2.14. The molecule has 15 heavy (non-hydrogen) atoms. The normalized spacial score (nSPS) is 22.0. The topological polar surface area (TPSA) is 77.8 Å². The predicted octanol–water partition coefficient (Wildman–Crippen LogP) is 0.225. The first-order valence-electron chi connectivity index (χ1n) is 5.17. The monoisotopic (exact) mass is 215 g/mol. The number of aliphatic carboxylic acids is 1. The summed E-state index contributed by atoms with van der Waals surface area (Å²) in [7, 11) is 0. The van der Waals surface area contributed by atoms with Crippen molar-refractivity contribution in [1.82, 2.24) is 4.90 Å². The molecule has 5 heteroatoms. The molecule has 1 amide bonds. The molecule has 1 aliphatic heterocycles. The Kier molecular flexibility index (Phi) is 3.68. The van der Waals surface area contributed by atoms with Gasteiger partial charge in [0.25, 0.3) is 0 Å². The second kappa shape index (κ2) is 4.61. The van der Waals surface area contributed by atoms with E-state index in [1.165, 1.54) is 11.8 Å². The number of β-amino-alcohol motifs (C(OH)–C–C–N with tert-alkyl or cyclic N) is 1. The molecule has 86 valence electrons. The second-order valence-corrected chi connectivity index (χ2v) is 4.20. The summed E-state index contributed by atoms with van der Waals surface area (Å²) >= 11 is 0. The molecule has 0 radical (unpaired) electrons. The number of carboxylic acid groups (broad SMARTS) is 1. The van der Waals surface area contributed by atoms with Gasteiger partial charge in [0, 0.05) is 13.0 Å². The summed E-state index contributed by atoms with van der Waals surface area (Å²) in [6, 6.07) is 0. The third-order valence-corrected chi connectivity index (χ3v) is 2.63. The van der Waals surface area contributed by atoms with Crippen molar-refractivity contribution in [3.63, 3.8) is 0 Å². The molecule has 0 aromatic heterocycles. The van der Waals surface area contributed by atoms with E-state index in [-0.39, 0.29) is 12.5 Å². The zero-order valence-electron chi connectivity index (χ0n) is 8.90. The lowest BCUT2D eigenvalue weighted by Gasteiger charge is -2.27. The van der Waals surface area contributed by atoms with E-state index in [2.05, 4.69) is 0 Å². The molecule has 1 atom stereocenters. The SMILES string of the molecule is CC(O)(CN1CCCCCC1=O)C(=O)O. The molecule has 0 bridgehead atoms. The summed E-state index contributed by atoms with van der Waals surface area (Å²) in [4.78, 5) is 23.7. The summed E-state index contributed by atoms with van der Waals surface area (Å²) in [5, 5.41) is 18.3. The number of hydrogen-bond donors (Lipinski definition) is 2. The van der Waals surface area contributed by atoms with E-state index >= 15 is 0 Å². The van der Waals surface area contributed by atoms with Crippen LogP contribution < -0.4 is 0 Å². The van der Waals surface area contributed by atoms with Gasteiger partial charge in [-0.15, -0.1) is 0 Å². The van der Waals surface area contributed by atoms with Crippen molar-refractivity contribution in [1.29, 1.82) is 0 Å². The molecule has 1 fully saturated rings. The molecule has 1 unspecified atom stereocenters. The summed E-state index contributed by atoms with van der Waals surface area (Å²) in [5.74, 6) is -1.35. The first-order valence-corrected chi connectivity index (χ1v) is 5.17. The Morgan fingerprint density at radius 1 is 1.47 bits per heavy atom. The van der Waals surface area contributed by atoms with Crippen molar-refractivity contribution in [3.05, 3.63) is 0 Å². The van der Waals surface area contributed by atoms with Crippen LogP contribution in [0.5, 0.6) is 0 Å². The van der Waals surface area contributed by atoms with E-state index in [4.69, 9.17) is 5.11 Å². The smallest absolute Gasteiger partial charge is 0.337 e. The largest absolute Gasteiger partial charge is 0.479 e. The van der Waals surface area contributed by atoms with Crippen LogP contribution in [0.15, 0.2) is 0 Å². The van der Waals surface area contributed by atoms with Gasteiger partial charge in [0.2, 0.25) is 5.91 Å². The van der Waals surface area contributed by atoms with Crippen LogP contribution in [0, 0.1) is 0 Å². The minimum atomic E-state index is -1.85. The maximum Gasteiger partial charge on any atom is 0.337 e. The van der Waals surface area contributed by atoms with E-state index in [1.54, 1.807) is 0 Å². The van der Waals surface area contributed by atoms with Gasteiger partial charge in [-0.25, -0.2) is 4.79 Å². The van der Waals surface area contributed by atoms with Gasteiger partial charge < -0.3 is 15.1 Å². The Hall–Kier alpha value is -1.10. The van der Waals surface area contributed by atoms with Crippen molar-refractivity contribution in [2.24, 2.45) is 0 Å². The number of likely N-dealkylation sites (tertiary alicyclic amines) is 1. The standard InChI is InChI=1S/C10H17NO4/c1-10(15,9(13)14)7-11-6-4-2-3-5-8(11)12/h15H,2-7H2,1H3,(H,13,14). The van der Waals surface area contributed by atoms with Crippen LogP contribution in [0.25, 0.3) is 0 Å². The van der Waals surface area contributed by atoms with Crippen molar-refractivity contribution in [3.8, 4) is 0 Å². The minimum Gasteiger partial charge on any atom is -0.479 e. The van der Waals surface area contributed by atoms with Gasteiger partial charge in [0.15, 0.2) is 5.60 Å². The lowest BCUT2D eigenvalue weighted by molar-refractivity contribution is -0.159. The van der Waals surface area contributed by atoms with Crippen LogP contribution in [0.1, 0.15) is 32.6 Å². The molecule has 0 aliphatic carbocycles. The minimum absolute atomic E-state index is 0.0611. The molecule has 1 heterocycles. The fourth-order valence-electron chi connectivity index (χ4n) is 1.64. The van der Waals surface area contributed by atoms with Crippen LogP contribution in [0.3, 0.4) is 0 Å². The van der Waals surface area contributed by atoms with E-state index < -0.39 is 11.6 Å². The number of rotatable bonds is 3. The number of carboxylic acids is 1. The summed E-state index contributed by atoms with van der Waals surface area (Å²) in [6.07, 6.45) is 3.17. The van der Waals surface area contributed by atoms with Gasteiger partial charge in [-0.05, 0) is 19.8 Å². The number of amides is 1. The quantitative estimate of drug-likeness (QED) is 0.706. The molecule has 0 saturated carbocycles. The number of nitrogens with zero attached hydrogens (tertiary/aromatic N) is 1. The van der Waals surface area contributed by atoms with Crippen LogP contribution in [-0.2, 0) is 9.59 Å². The van der Waals surface area contributed by atoms with Crippen molar-refractivity contribution in [2.75, 3.05) is 13.1 Å². The average Bonchev–Trinajstić information content (AvgIpc) is 2.31. The second-order valence-electron chi connectivity index (χ2n) is 4.20. The predicted molar refractivity (Wildman–Crippen MR) is 53.3 cm³/mol. The highest BCUT2D eigenvalue weighted by molar-refractivity contribution is 5.80. The number of carbonyl (C=O) groups excluding carboxylic acids is 1. The van der Waals surface area contributed by atoms with Gasteiger partial charge in [0.05, 0.1) is 6.54 Å². The lowest BCUT2D eigenvalue weighted by Crippen LogP contribution is -2.48. The lowest BCUT2D eigenvalue weighted by atomic mass is 10.1. The third kappa shape index (κ3) is 3.20. The maximum absolute atomic E-state index is 11.5. The Morgan fingerprint density at radius 3 is 2.73 bits per heavy atom. The van der Waals surface area contributed by atoms with Crippen LogP contribution >= 0.6 is 0 Å². The molecule has 0 spiro atoms. The van der Waals surface area contributed by atoms with Crippen molar-refractivity contribution >= 4 is 11.9 Å². The Balaban J connectivity index is 2.62. The maximum atomic E-state index is 11.5. The van der Waals surface area contributed by atoms with Crippen LogP contribution in [0.4, 0.5) is 0 Å². The van der Waals surface area contributed by atoms with Gasteiger partial charge in [-0.2, -0.15) is 0 Å². The Labute approximate surface area is 88.7 Å². The zero-order chi connectivity index (χ0) is 11.5. The Bertz CT molecular complexity index is 262. The zero-order valence-corrected chi connectivity index (χ0v) is 8.90. The Morgan fingerprint density at radius 2 is 2.13 bits per heavy atom. The molecular formula is C10H17NO4. The highest BCUT2D eigenvalue weighted by Gasteiger charge is 2.34. The summed E-state index contributed by atoms with van der Waals surface area (Å²) < 4.78 is 0. The number of carbonyl (C=O) groups is 2. The first kappa shape index (κ1) is 12.0. The molecule has 0 aromatic carbocycles. The third-order valence-electron chi connectivity index (χ3n) is 2.63. The molecule has 1 rings (SSSR count). The van der Waals surface area contributed by atoms with Gasteiger partial charge in [-0.1, -0.05) is 6.42 Å². The number of aliphatic hydroxyl groups is 1.